The van der Waals surface area contributed by atoms with Crippen molar-refractivity contribution in [3.8, 4) is 0 Å². The smallest absolute Gasteiger partial charge is 0.430 e. The molecule has 1 saturated heterocycles. The normalized spacial score (nSPS) is 16.0. The zero-order valence-corrected chi connectivity index (χ0v) is 15.6. The predicted molar refractivity (Wildman–Crippen MR) is 92.4 cm³/mol. The second kappa shape index (κ2) is 10.9. The number of ether oxygens (including phenoxy) is 2. The van der Waals surface area contributed by atoms with Crippen LogP contribution in [0.4, 0.5) is 4.79 Å². The van der Waals surface area contributed by atoms with Crippen molar-refractivity contribution >= 4 is 35.7 Å². The lowest BCUT2D eigenvalue weighted by Crippen LogP contribution is -2.35. The van der Waals surface area contributed by atoms with Gasteiger partial charge in [-0.2, -0.15) is 0 Å². The summed E-state index contributed by atoms with van der Waals surface area (Å²) in [7, 11) is 0. The minimum atomic E-state index is -1.17. The number of rotatable bonds is 11. The summed E-state index contributed by atoms with van der Waals surface area (Å²) in [6, 6.07) is 0. The van der Waals surface area contributed by atoms with E-state index < -0.39 is 29.8 Å². The molecule has 0 aromatic heterocycles. The molecule has 0 bridgehead atoms. The maximum atomic E-state index is 11.7. The second-order valence-corrected chi connectivity index (χ2v) is 6.00. The number of nitrogens with zero attached hydrogens (tertiary/aromatic N) is 2. The van der Waals surface area contributed by atoms with Crippen molar-refractivity contribution in [3.63, 3.8) is 0 Å². The third-order valence-electron chi connectivity index (χ3n) is 3.87. The van der Waals surface area contributed by atoms with E-state index in [9.17, 15) is 28.8 Å². The lowest BCUT2D eigenvalue weighted by molar-refractivity contribution is -0.177. The number of hydrogen-bond donors (Lipinski definition) is 1. The van der Waals surface area contributed by atoms with Crippen LogP contribution < -0.4 is 5.32 Å². The summed E-state index contributed by atoms with van der Waals surface area (Å²) < 4.78 is 9.89. The van der Waals surface area contributed by atoms with Crippen LogP contribution in [0.1, 0.15) is 25.7 Å². The first-order valence-corrected chi connectivity index (χ1v) is 8.97. The summed E-state index contributed by atoms with van der Waals surface area (Å²) in [6.45, 7) is 0.579. The molecular formula is C17H21N3O9. The highest BCUT2D eigenvalue weighted by Gasteiger charge is 2.33. The average molecular weight is 411 g/mol. The van der Waals surface area contributed by atoms with E-state index in [4.69, 9.17) is 4.74 Å². The van der Waals surface area contributed by atoms with E-state index in [2.05, 4.69) is 14.9 Å². The van der Waals surface area contributed by atoms with Gasteiger partial charge in [-0.15, -0.1) is 0 Å². The van der Waals surface area contributed by atoms with Crippen LogP contribution in [0, 0.1) is 0 Å². The van der Waals surface area contributed by atoms with Crippen LogP contribution in [0.3, 0.4) is 0 Å². The number of imide groups is 2. The van der Waals surface area contributed by atoms with Crippen LogP contribution in [-0.2, 0) is 38.3 Å². The first-order chi connectivity index (χ1) is 13.9. The van der Waals surface area contributed by atoms with E-state index in [1.807, 2.05) is 0 Å². The van der Waals surface area contributed by atoms with Gasteiger partial charge < -0.3 is 14.8 Å². The van der Waals surface area contributed by atoms with E-state index in [-0.39, 0.29) is 51.5 Å². The van der Waals surface area contributed by atoms with Gasteiger partial charge in [0.05, 0.1) is 6.61 Å². The van der Waals surface area contributed by atoms with Crippen LogP contribution in [0.25, 0.3) is 0 Å². The maximum Gasteiger partial charge on any atom is 0.534 e. The number of carbonyl (C=O) groups is 6. The molecule has 2 rings (SSSR count). The molecule has 12 nitrogen and oxygen atoms in total. The second-order valence-electron chi connectivity index (χ2n) is 6.00. The minimum Gasteiger partial charge on any atom is -0.430 e. The monoisotopic (exact) mass is 411 g/mol. The first-order valence-electron chi connectivity index (χ1n) is 8.97. The Bertz CT molecular complexity index is 685. The molecule has 0 saturated carbocycles. The molecular weight excluding hydrogens is 390 g/mol. The number of carbonyl (C=O) groups excluding carboxylic acids is 6. The highest BCUT2D eigenvalue weighted by atomic mass is 16.8. The van der Waals surface area contributed by atoms with Crippen molar-refractivity contribution < 1.29 is 43.1 Å². The molecule has 2 aliphatic heterocycles. The minimum absolute atomic E-state index is 0.00251. The summed E-state index contributed by atoms with van der Waals surface area (Å²) in [5, 5.41) is 3.02. The quantitative estimate of drug-likeness (QED) is 0.258. The van der Waals surface area contributed by atoms with Gasteiger partial charge >= 0.3 is 6.16 Å². The number of amides is 5. The van der Waals surface area contributed by atoms with E-state index in [0.717, 1.165) is 17.1 Å². The summed E-state index contributed by atoms with van der Waals surface area (Å²) >= 11 is 0. The molecule has 0 aromatic carbocycles. The molecule has 0 aromatic rings. The maximum absolute atomic E-state index is 11.7. The van der Waals surface area contributed by atoms with Gasteiger partial charge in [0.15, 0.2) is 0 Å². The van der Waals surface area contributed by atoms with Crippen molar-refractivity contribution in [2.45, 2.75) is 25.7 Å². The molecule has 2 aliphatic rings. The average Bonchev–Trinajstić information content (AvgIpc) is 3.17. The lowest BCUT2D eigenvalue weighted by Gasteiger charge is -2.13. The van der Waals surface area contributed by atoms with Crippen LogP contribution in [0.5, 0.6) is 0 Å². The molecule has 0 radical (unpaired) electrons. The topological polar surface area (TPSA) is 149 Å². The van der Waals surface area contributed by atoms with Crippen molar-refractivity contribution in [1.29, 1.82) is 0 Å². The van der Waals surface area contributed by atoms with Gasteiger partial charge in [-0.1, -0.05) is 5.06 Å². The Morgan fingerprint density at radius 1 is 0.966 bits per heavy atom. The van der Waals surface area contributed by atoms with E-state index in [0.29, 0.717) is 18.0 Å². The van der Waals surface area contributed by atoms with Crippen LogP contribution >= 0.6 is 0 Å². The van der Waals surface area contributed by atoms with Gasteiger partial charge in [-0.05, 0) is 6.42 Å². The summed E-state index contributed by atoms with van der Waals surface area (Å²) in [5.74, 6) is -2.35. The summed E-state index contributed by atoms with van der Waals surface area (Å²) in [4.78, 5) is 73.7. The molecule has 29 heavy (non-hydrogen) atoms. The summed E-state index contributed by atoms with van der Waals surface area (Å²) in [6.07, 6.45) is 1.65. The van der Waals surface area contributed by atoms with Gasteiger partial charge in [0.1, 0.15) is 6.61 Å². The Labute approximate surface area is 165 Å². The fourth-order valence-electron chi connectivity index (χ4n) is 2.40. The number of hydroxylamine groups is 2. The molecule has 158 valence electrons. The highest BCUT2D eigenvalue weighted by Crippen LogP contribution is 2.12. The molecule has 0 unspecified atom stereocenters. The van der Waals surface area contributed by atoms with Crippen LogP contribution in [0.15, 0.2) is 12.2 Å². The fraction of sp³-hybridized carbons (Fsp3) is 0.529. The predicted octanol–water partition coefficient (Wildman–Crippen LogP) is -0.958. The van der Waals surface area contributed by atoms with Gasteiger partial charge in [0.2, 0.25) is 5.91 Å². The molecule has 0 atom stereocenters. The Morgan fingerprint density at radius 3 is 2.28 bits per heavy atom. The largest absolute Gasteiger partial charge is 0.534 e. The van der Waals surface area contributed by atoms with E-state index in [1.54, 1.807) is 0 Å². The molecule has 0 spiro atoms. The van der Waals surface area contributed by atoms with Crippen molar-refractivity contribution in [3.05, 3.63) is 12.2 Å². The Balaban J connectivity index is 1.43. The van der Waals surface area contributed by atoms with Crippen LogP contribution in [0.2, 0.25) is 0 Å². The summed E-state index contributed by atoms with van der Waals surface area (Å²) in [5.41, 5.74) is 0. The molecule has 5 amide bonds. The van der Waals surface area contributed by atoms with E-state index in [1.165, 1.54) is 0 Å². The standard InChI is InChI=1S/C17H21N3O9/c21-12(6-8-19-13(22)2-3-14(19)23)18-7-1-9-27-10-11-28-17(26)29-20-15(24)4-5-16(20)25/h2-3H,1,4-11H2,(H,18,21). The van der Waals surface area contributed by atoms with E-state index >= 15 is 0 Å². The first kappa shape index (κ1) is 22.0. The molecule has 0 aliphatic carbocycles. The lowest BCUT2D eigenvalue weighted by atomic mass is 10.3. The fourth-order valence-corrected chi connectivity index (χ4v) is 2.40. The zero-order chi connectivity index (χ0) is 21.2. The van der Waals surface area contributed by atoms with Crippen molar-refractivity contribution in [2.75, 3.05) is 32.9 Å². The van der Waals surface area contributed by atoms with Gasteiger partial charge in [-0.3, -0.25) is 33.7 Å². The van der Waals surface area contributed by atoms with Gasteiger partial charge in [0, 0.05) is 51.1 Å². The molecule has 1 N–H and O–H groups in total. The zero-order valence-electron chi connectivity index (χ0n) is 15.6. The third-order valence-corrected chi connectivity index (χ3v) is 3.87. The Hall–Kier alpha value is -3.28. The highest BCUT2D eigenvalue weighted by molar-refractivity contribution is 6.13. The molecule has 2 heterocycles. The Morgan fingerprint density at radius 2 is 1.62 bits per heavy atom. The van der Waals surface area contributed by atoms with Crippen molar-refractivity contribution in [1.82, 2.24) is 15.3 Å². The number of hydrogen-bond acceptors (Lipinski definition) is 9. The number of nitrogens with one attached hydrogen (secondary N) is 1. The molecule has 1 fully saturated rings. The van der Waals surface area contributed by atoms with Crippen molar-refractivity contribution in [2.24, 2.45) is 0 Å². The molecule has 12 heteroatoms. The Kier molecular flexibility index (Phi) is 8.27. The van der Waals surface area contributed by atoms with Gasteiger partial charge in [0.25, 0.3) is 23.6 Å². The van der Waals surface area contributed by atoms with Gasteiger partial charge in [-0.25, -0.2) is 4.79 Å². The van der Waals surface area contributed by atoms with Crippen LogP contribution in [-0.4, -0.2) is 78.6 Å². The third kappa shape index (κ3) is 6.99. The SMILES string of the molecule is O=C(CCN1C(=O)C=CC1=O)NCCCOCCOC(=O)ON1C(=O)CCC1=O.